The highest BCUT2D eigenvalue weighted by molar-refractivity contribution is 9.10. The van der Waals surface area contributed by atoms with Gasteiger partial charge in [-0.15, -0.1) is 0 Å². The Morgan fingerprint density at radius 1 is 1.20 bits per heavy atom. The Morgan fingerprint density at radius 2 is 1.90 bits per heavy atom. The molecule has 0 aliphatic heterocycles. The standard InChI is InChI=1S/C16H16BrClFN/c1-11(8-12-2-5-14(17)6-3-12)20-10-13-4-7-15(18)9-16(13)19/h2-7,9,11,20H,8,10H2,1H3. The molecule has 2 aromatic carbocycles. The van der Waals surface area contributed by atoms with Crippen molar-refractivity contribution in [3.05, 3.63) is 68.9 Å². The summed E-state index contributed by atoms with van der Waals surface area (Å²) in [6.45, 7) is 2.59. The monoisotopic (exact) mass is 355 g/mol. The van der Waals surface area contributed by atoms with Gasteiger partial charge < -0.3 is 5.32 Å². The molecule has 0 spiro atoms. The summed E-state index contributed by atoms with van der Waals surface area (Å²) in [7, 11) is 0. The quantitative estimate of drug-likeness (QED) is 0.798. The molecule has 20 heavy (non-hydrogen) atoms. The van der Waals surface area contributed by atoms with Crippen LogP contribution in [0.3, 0.4) is 0 Å². The van der Waals surface area contributed by atoms with E-state index in [0.29, 0.717) is 17.1 Å². The zero-order valence-electron chi connectivity index (χ0n) is 11.2. The second-order valence-corrected chi connectivity index (χ2v) is 6.20. The van der Waals surface area contributed by atoms with Crippen molar-refractivity contribution < 1.29 is 4.39 Å². The van der Waals surface area contributed by atoms with E-state index in [9.17, 15) is 4.39 Å². The third-order valence-electron chi connectivity index (χ3n) is 3.11. The Labute approximate surface area is 132 Å². The molecule has 0 saturated heterocycles. The topological polar surface area (TPSA) is 12.0 Å². The minimum absolute atomic E-state index is 0.263. The van der Waals surface area contributed by atoms with E-state index >= 15 is 0 Å². The lowest BCUT2D eigenvalue weighted by Gasteiger charge is -2.14. The molecule has 4 heteroatoms. The lowest BCUT2D eigenvalue weighted by atomic mass is 10.1. The lowest BCUT2D eigenvalue weighted by Crippen LogP contribution is -2.27. The number of halogens is 3. The highest BCUT2D eigenvalue weighted by Crippen LogP contribution is 2.15. The molecule has 1 N–H and O–H groups in total. The molecule has 0 bridgehead atoms. The first-order chi connectivity index (χ1) is 9.54. The molecular weight excluding hydrogens is 341 g/mol. The van der Waals surface area contributed by atoms with Crippen molar-refractivity contribution in [3.8, 4) is 0 Å². The minimum atomic E-state index is -0.263. The van der Waals surface area contributed by atoms with Gasteiger partial charge in [0.1, 0.15) is 5.82 Å². The van der Waals surface area contributed by atoms with E-state index in [1.54, 1.807) is 12.1 Å². The smallest absolute Gasteiger partial charge is 0.129 e. The predicted molar refractivity (Wildman–Crippen MR) is 85.6 cm³/mol. The maximum absolute atomic E-state index is 13.6. The molecule has 0 amide bonds. The van der Waals surface area contributed by atoms with Crippen molar-refractivity contribution in [1.82, 2.24) is 5.32 Å². The van der Waals surface area contributed by atoms with Gasteiger partial charge in [-0.25, -0.2) is 4.39 Å². The first-order valence-corrected chi connectivity index (χ1v) is 7.63. The van der Waals surface area contributed by atoms with E-state index in [1.807, 2.05) is 12.1 Å². The average molecular weight is 357 g/mol. The molecule has 0 aromatic heterocycles. The highest BCUT2D eigenvalue weighted by atomic mass is 79.9. The van der Waals surface area contributed by atoms with Crippen LogP contribution >= 0.6 is 27.5 Å². The molecule has 2 rings (SSSR count). The predicted octanol–water partition coefficient (Wildman–Crippen LogP) is 4.96. The zero-order chi connectivity index (χ0) is 14.5. The molecular formula is C16H16BrClFN. The summed E-state index contributed by atoms with van der Waals surface area (Å²) >= 11 is 9.15. The van der Waals surface area contributed by atoms with Gasteiger partial charge in [-0.2, -0.15) is 0 Å². The Kier molecular flexibility index (Phi) is 5.58. The van der Waals surface area contributed by atoms with E-state index < -0.39 is 0 Å². The van der Waals surface area contributed by atoms with Gasteiger partial charge in [0, 0.05) is 27.6 Å². The number of hydrogen-bond acceptors (Lipinski definition) is 1. The van der Waals surface area contributed by atoms with Crippen LogP contribution in [0, 0.1) is 5.82 Å². The third kappa shape index (κ3) is 4.58. The van der Waals surface area contributed by atoms with Gasteiger partial charge in [-0.3, -0.25) is 0 Å². The zero-order valence-corrected chi connectivity index (χ0v) is 13.5. The van der Waals surface area contributed by atoms with Crippen molar-refractivity contribution in [1.29, 1.82) is 0 Å². The molecule has 1 unspecified atom stereocenters. The van der Waals surface area contributed by atoms with Crippen molar-refractivity contribution >= 4 is 27.5 Å². The fourth-order valence-electron chi connectivity index (χ4n) is 2.00. The highest BCUT2D eigenvalue weighted by Gasteiger charge is 2.06. The molecule has 0 heterocycles. The van der Waals surface area contributed by atoms with E-state index in [4.69, 9.17) is 11.6 Å². The molecule has 0 aliphatic carbocycles. The summed E-state index contributed by atoms with van der Waals surface area (Å²) in [6.07, 6.45) is 0.905. The van der Waals surface area contributed by atoms with Crippen LogP contribution in [0.4, 0.5) is 4.39 Å². The summed E-state index contributed by atoms with van der Waals surface area (Å²) < 4.78 is 14.7. The Morgan fingerprint density at radius 3 is 2.55 bits per heavy atom. The molecule has 0 aliphatic rings. The van der Waals surface area contributed by atoms with Gasteiger partial charge in [0.05, 0.1) is 0 Å². The summed E-state index contributed by atoms with van der Waals surface area (Å²) in [6, 6.07) is 13.3. The minimum Gasteiger partial charge on any atom is -0.310 e. The maximum Gasteiger partial charge on any atom is 0.129 e. The molecule has 1 nitrogen and oxygen atoms in total. The molecule has 1 atom stereocenters. The van der Waals surface area contributed by atoms with Crippen molar-refractivity contribution in [2.75, 3.05) is 0 Å². The first-order valence-electron chi connectivity index (χ1n) is 6.46. The summed E-state index contributed by atoms with van der Waals surface area (Å²) in [5, 5.41) is 3.75. The van der Waals surface area contributed by atoms with Crippen molar-refractivity contribution in [2.45, 2.75) is 25.9 Å². The van der Waals surface area contributed by atoms with Gasteiger partial charge in [0.25, 0.3) is 0 Å². The summed E-state index contributed by atoms with van der Waals surface area (Å²) in [4.78, 5) is 0. The van der Waals surface area contributed by atoms with Crippen LogP contribution in [0.5, 0.6) is 0 Å². The third-order valence-corrected chi connectivity index (χ3v) is 3.87. The Bertz CT molecular complexity index is 571. The SMILES string of the molecule is CC(Cc1ccc(Br)cc1)NCc1ccc(Cl)cc1F. The Balaban J connectivity index is 1.88. The normalized spacial score (nSPS) is 12.4. The van der Waals surface area contributed by atoms with Crippen LogP contribution in [0.2, 0.25) is 5.02 Å². The average Bonchev–Trinajstić information content (AvgIpc) is 2.40. The van der Waals surface area contributed by atoms with Gasteiger partial charge in [0.2, 0.25) is 0 Å². The van der Waals surface area contributed by atoms with Crippen LogP contribution in [0.15, 0.2) is 46.9 Å². The largest absolute Gasteiger partial charge is 0.310 e. The fourth-order valence-corrected chi connectivity index (χ4v) is 2.42. The van der Waals surface area contributed by atoms with E-state index in [-0.39, 0.29) is 11.9 Å². The fraction of sp³-hybridized carbons (Fsp3) is 0.250. The van der Waals surface area contributed by atoms with Crippen LogP contribution in [0.1, 0.15) is 18.1 Å². The van der Waals surface area contributed by atoms with E-state index in [1.165, 1.54) is 11.6 Å². The van der Waals surface area contributed by atoms with Crippen LogP contribution in [-0.4, -0.2) is 6.04 Å². The number of rotatable bonds is 5. The number of benzene rings is 2. The van der Waals surface area contributed by atoms with E-state index in [0.717, 1.165) is 10.9 Å². The lowest BCUT2D eigenvalue weighted by molar-refractivity contribution is 0.525. The molecule has 2 aromatic rings. The van der Waals surface area contributed by atoms with E-state index in [2.05, 4.69) is 40.3 Å². The molecule has 106 valence electrons. The summed E-state index contributed by atoms with van der Waals surface area (Å²) in [5.74, 6) is -0.263. The van der Waals surface area contributed by atoms with Crippen LogP contribution < -0.4 is 5.32 Å². The van der Waals surface area contributed by atoms with Gasteiger partial charge in [-0.05, 0) is 43.2 Å². The van der Waals surface area contributed by atoms with Gasteiger partial charge >= 0.3 is 0 Å². The molecule has 0 fully saturated rings. The van der Waals surface area contributed by atoms with Gasteiger partial charge in [-0.1, -0.05) is 45.7 Å². The van der Waals surface area contributed by atoms with Crippen molar-refractivity contribution in [3.63, 3.8) is 0 Å². The second-order valence-electron chi connectivity index (χ2n) is 4.85. The summed E-state index contributed by atoms with van der Waals surface area (Å²) in [5.41, 5.74) is 1.89. The second kappa shape index (κ2) is 7.21. The molecule has 0 radical (unpaired) electrons. The number of nitrogens with one attached hydrogen (secondary N) is 1. The van der Waals surface area contributed by atoms with Crippen LogP contribution in [0.25, 0.3) is 0 Å². The molecule has 0 saturated carbocycles. The maximum atomic E-state index is 13.6. The number of hydrogen-bond donors (Lipinski definition) is 1. The first kappa shape index (κ1) is 15.5. The van der Waals surface area contributed by atoms with Crippen molar-refractivity contribution in [2.24, 2.45) is 0 Å². The van der Waals surface area contributed by atoms with Crippen LogP contribution in [-0.2, 0) is 13.0 Å². The Hall–Kier alpha value is -0.900. The van der Waals surface area contributed by atoms with Gasteiger partial charge in [0.15, 0.2) is 0 Å².